The fraction of sp³-hybridized carbons (Fsp3) is 0.400. The van der Waals surface area contributed by atoms with Gasteiger partial charge in [-0.2, -0.15) is 0 Å². The molecule has 0 bridgehead atoms. The van der Waals surface area contributed by atoms with Crippen LogP contribution in [0.4, 0.5) is 5.69 Å². The third-order valence-electron chi connectivity index (χ3n) is 5.66. The highest BCUT2D eigenvalue weighted by molar-refractivity contribution is 6.23. The molecule has 0 N–H and O–H groups in total. The van der Waals surface area contributed by atoms with Gasteiger partial charge in [0, 0.05) is 13.0 Å². The van der Waals surface area contributed by atoms with Gasteiger partial charge >= 0.3 is 0 Å². The maximum atomic E-state index is 13.2. The lowest BCUT2D eigenvalue weighted by atomic mass is 10.1. The predicted octanol–water partition coefficient (Wildman–Crippen LogP) is 3.52. The number of benzene rings is 2. The summed E-state index contributed by atoms with van der Waals surface area (Å²) in [5.74, 6) is 0.472. The molecule has 32 heavy (non-hydrogen) atoms. The van der Waals surface area contributed by atoms with Crippen molar-refractivity contribution in [3.63, 3.8) is 0 Å². The molecule has 1 atom stereocenters. The summed E-state index contributed by atoms with van der Waals surface area (Å²) in [6, 6.07) is 12.0. The molecule has 170 valence electrons. The van der Waals surface area contributed by atoms with Crippen LogP contribution in [0.15, 0.2) is 42.5 Å². The van der Waals surface area contributed by atoms with Crippen molar-refractivity contribution < 1.29 is 23.9 Å². The Labute approximate surface area is 188 Å². The second kappa shape index (κ2) is 10.3. The van der Waals surface area contributed by atoms with E-state index >= 15 is 0 Å². The monoisotopic (exact) mass is 438 g/mol. The SMILES string of the molecule is CCCC(=O)N(CCc1ccc(OC)c(OC)c1)C1CC(=O)N(c2ccc(C)cc2)C1=O. The van der Waals surface area contributed by atoms with E-state index in [1.54, 1.807) is 31.3 Å². The first kappa shape index (κ1) is 23.3. The molecule has 1 aliphatic rings. The number of amides is 3. The van der Waals surface area contributed by atoms with Gasteiger partial charge in [-0.3, -0.25) is 14.4 Å². The van der Waals surface area contributed by atoms with E-state index in [9.17, 15) is 14.4 Å². The van der Waals surface area contributed by atoms with E-state index in [2.05, 4.69) is 0 Å². The van der Waals surface area contributed by atoms with Gasteiger partial charge in [-0.05, 0) is 49.6 Å². The highest BCUT2D eigenvalue weighted by atomic mass is 16.5. The van der Waals surface area contributed by atoms with Gasteiger partial charge in [0.25, 0.3) is 5.91 Å². The maximum absolute atomic E-state index is 13.2. The zero-order valence-corrected chi connectivity index (χ0v) is 19.1. The molecule has 7 heteroatoms. The summed E-state index contributed by atoms with van der Waals surface area (Å²) >= 11 is 0. The number of carbonyl (C=O) groups is 3. The minimum absolute atomic E-state index is 0.00586. The van der Waals surface area contributed by atoms with Crippen molar-refractivity contribution in [2.24, 2.45) is 0 Å². The number of carbonyl (C=O) groups excluding carboxylic acids is 3. The second-order valence-corrected chi connectivity index (χ2v) is 7.90. The van der Waals surface area contributed by atoms with Crippen LogP contribution in [-0.2, 0) is 20.8 Å². The first-order valence-electron chi connectivity index (χ1n) is 10.8. The molecule has 7 nitrogen and oxygen atoms in total. The Balaban J connectivity index is 1.81. The van der Waals surface area contributed by atoms with Crippen molar-refractivity contribution in [3.05, 3.63) is 53.6 Å². The van der Waals surface area contributed by atoms with Crippen LogP contribution in [-0.4, -0.2) is 49.4 Å². The molecule has 0 aliphatic carbocycles. The second-order valence-electron chi connectivity index (χ2n) is 7.90. The Morgan fingerprint density at radius 1 is 1.06 bits per heavy atom. The molecule has 1 unspecified atom stereocenters. The standard InChI is InChI=1S/C25H30N2O5/c1-5-6-23(28)26(14-13-18-9-12-21(31-3)22(15-18)32-4)20-16-24(29)27(25(20)30)19-10-7-17(2)8-11-19/h7-12,15,20H,5-6,13-14,16H2,1-4H3. The van der Waals surface area contributed by atoms with Crippen LogP contribution >= 0.6 is 0 Å². The number of ether oxygens (including phenoxy) is 2. The molecule has 2 aromatic rings. The third kappa shape index (κ3) is 4.93. The van der Waals surface area contributed by atoms with Crippen LogP contribution in [0.25, 0.3) is 0 Å². The summed E-state index contributed by atoms with van der Waals surface area (Å²) in [5.41, 5.74) is 2.53. The van der Waals surface area contributed by atoms with Gasteiger partial charge in [-0.1, -0.05) is 30.7 Å². The molecule has 1 heterocycles. The highest BCUT2D eigenvalue weighted by Crippen LogP contribution is 2.29. The fourth-order valence-electron chi connectivity index (χ4n) is 3.92. The van der Waals surface area contributed by atoms with E-state index < -0.39 is 6.04 Å². The summed E-state index contributed by atoms with van der Waals surface area (Å²) in [6.45, 7) is 4.20. The van der Waals surface area contributed by atoms with Gasteiger partial charge in [-0.15, -0.1) is 0 Å². The highest BCUT2D eigenvalue weighted by Gasteiger charge is 2.44. The molecule has 1 fully saturated rings. The molecule has 1 aliphatic heterocycles. The summed E-state index contributed by atoms with van der Waals surface area (Å²) in [7, 11) is 3.15. The normalized spacial score (nSPS) is 15.8. The van der Waals surface area contributed by atoms with Gasteiger partial charge in [-0.25, -0.2) is 4.90 Å². The molecule has 0 saturated carbocycles. The molecule has 3 rings (SSSR count). The molecule has 0 aromatic heterocycles. The van der Waals surface area contributed by atoms with Crippen molar-refractivity contribution in [2.75, 3.05) is 25.7 Å². The first-order chi connectivity index (χ1) is 15.4. The molecular formula is C25H30N2O5. The molecule has 0 radical (unpaired) electrons. The van der Waals surface area contributed by atoms with Crippen LogP contribution in [0.2, 0.25) is 0 Å². The van der Waals surface area contributed by atoms with Gasteiger partial charge in [0.1, 0.15) is 6.04 Å². The van der Waals surface area contributed by atoms with Crippen molar-refractivity contribution >= 4 is 23.4 Å². The molecule has 3 amide bonds. The number of methoxy groups -OCH3 is 2. The van der Waals surface area contributed by atoms with E-state index in [1.807, 2.05) is 44.2 Å². The smallest absolute Gasteiger partial charge is 0.257 e. The van der Waals surface area contributed by atoms with E-state index in [4.69, 9.17) is 9.47 Å². The van der Waals surface area contributed by atoms with E-state index in [1.165, 1.54) is 4.90 Å². The van der Waals surface area contributed by atoms with Gasteiger partial charge in [0.05, 0.1) is 26.3 Å². The lowest BCUT2D eigenvalue weighted by molar-refractivity contribution is -0.138. The molecule has 1 saturated heterocycles. The van der Waals surface area contributed by atoms with Crippen molar-refractivity contribution in [3.8, 4) is 11.5 Å². The first-order valence-corrected chi connectivity index (χ1v) is 10.8. The largest absolute Gasteiger partial charge is 0.493 e. The fourth-order valence-corrected chi connectivity index (χ4v) is 3.92. The maximum Gasteiger partial charge on any atom is 0.257 e. The zero-order chi connectivity index (χ0) is 23.3. The third-order valence-corrected chi connectivity index (χ3v) is 5.66. The summed E-state index contributed by atoms with van der Waals surface area (Å²) in [4.78, 5) is 41.6. The average Bonchev–Trinajstić information content (AvgIpc) is 3.08. The lowest BCUT2D eigenvalue weighted by Crippen LogP contribution is -2.46. The summed E-state index contributed by atoms with van der Waals surface area (Å²) < 4.78 is 10.6. The molecular weight excluding hydrogens is 408 g/mol. The van der Waals surface area contributed by atoms with E-state index in [-0.39, 0.29) is 24.1 Å². The zero-order valence-electron chi connectivity index (χ0n) is 19.1. The van der Waals surface area contributed by atoms with Crippen LogP contribution in [0.1, 0.15) is 37.3 Å². The van der Waals surface area contributed by atoms with Crippen molar-refractivity contribution in [1.29, 1.82) is 0 Å². The lowest BCUT2D eigenvalue weighted by Gasteiger charge is -2.28. The number of hydrogen-bond acceptors (Lipinski definition) is 5. The summed E-state index contributed by atoms with van der Waals surface area (Å²) in [6.07, 6.45) is 1.52. The number of anilines is 1. The number of aryl methyl sites for hydroxylation is 1. The van der Waals surface area contributed by atoms with Gasteiger partial charge < -0.3 is 14.4 Å². The van der Waals surface area contributed by atoms with Gasteiger partial charge in [0.15, 0.2) is 11.5 Å². The Hall–Kier alpha value is -3.35. The Kier molecular flexibility index (Phi) is 7.51. The average molecular weight is 439 g/mol. The summed E-state index contributed by atoms with van der Waals surface area (Å²) in [5, 5.41) is 0. The minimum atomic E-state index is -0.789. The van der Waals surface area contributed by atoms with E-state index in [0.717, 1.165) is 11.1 Å². The van der Waals surface area contributed by atoms with Crippen LogP contribution < -0.4 is 14.4 Å². The quantitative estimate of drug-likeness (QED) is 0.560. The molecule has 0 spiro atoms. The Bertz CT molecular complexity index is 986. The minimum Gasteiger partial charge on any atom is -0.493 e. The predicted molar refractivity (Wildman–Crippen MR) is 122 cm³/mol. The topological polar surface area (TPSA) is 76.2 Å². The molecule has 2 aromatic carbocycles. The van der Waals surface area contributed by atoms with Gasteiger partial charge in [0.2, 0.25) is 11.8 Å². The Morgan fingerprint density at radius 2 is 1.75 bits per heavy atom. The number of imide groups is 1. The van der Waals surface area contributed by atoms with Crippen LogP contribution in [0, 0.1) is 6.92 Å². The van der Waals surface area contributed by atoms with E-state index in [0.29, 0.717) is 43.0 Å². The Morgan fingerprint density at radius 3 is 2.38 bits per heavy atom. The number of nitrogens with zero attached hydrogens (tertiary/aromatic N) is 2. The van der Waals surface area contributed by atoms with Crippen LogP contribution in [0.3, 0.4) is 0 Å². The van der Waals surface area contributed by atoms with Crippen LogP contribution in [0.5, 0.6) is 11.5 Å². The van der Waals surface area contributed by atoms with Crippen molar-refractivity contribution in [1.82, 2.24) is 4.90 Å². The van der Waals surface area contributed by atoms with Crippen molar-refractivity contribution in [2.45, 2.75) is 45.6 Å². The number of rotatable bonds is 9. The number of hydrogen-bond donors (Lipinski definition) is 0.